The lowest BCUT2D eigenvalue weighted by Crippen LogP contribution is -2.44. The minimum atomic E-state index is -4.43. The number of nitrogens with two attached hydrogens (primary N) is 1. The second-order valence-corrected chi connectivity index (χ2v) is 17.6. The predicted octanol–water partition coefficient (Wildman–Crippen LogP) is 13.9. The number of nitrogens with one attached hydrogen (secondary N) is 1. The lowest BCUT2D eigenvalue weighted by atomic mass is 9.79. The van der Waals surface area contributed by atoms with Gasteiger partial charge in [0, 0.05) is 102 Å². The maximum absolute atomic E-state index is 14.2. The fraction of sp³-hybridized carbons (Fsp3) is 0.408. The number of nitrogens with zero attached hydrogens (tertiary/aromatic N) is 4. The average Bonchev–Trinajstić information content (AvgIpc) is 4.10. The van der Waals surface area contributed by atoms with Crippen molar-refractivity contribution in [2.75, 3.05) is 61.2 Å². The average molecular weight is 1030 g/mol. The van der Waals surface area contributed by atoms with Gasteiger partial charge < -0.3 is 29.4 Å². The van der Waals surface area contributed by atoms with E-state index in [-0.39, 0.29) is 82.6 Å². The van der Waals surface area contributed by atoms with Gasteiger partial charge in [-0.2, -0.15) is 31.4 Å². The molecule has 0 saturated carbocycles. The van der Waals surface area contributed by atoms with E-state index in [2.05, 4.69) is 23.7 Å². The van der Waals surface area contributed by atoms with E-state index in [1.54, 1.807) is 44.9 Å². The fourth-order valence-corrected chi connectivity index (χ4v) is 9.22. The molecule has 0 aliphatic carbocycles. The Bertz CT molecular complexity index is 2250. The smallest absolute Gasteiger partial charge is 0.379 e. The summed E-state index contributed by atoms with van der Waals surface area (Å²) >= 11 is 23.9. The molecule has 0 spiro atoms. The van der Waals surface area contributed by atoms with E-state index in [0.717, 1.165) is 24.4 Å². The van der Waals surface area contributed by atoms with Gasteiger partial charge in [0.05, 0.1) is 11.8 Å². The van der Waals surface area contributed by atoms with Gasteiger partial charge >= 0.3 is 12.4 Å². The minimum Gasteiger partial charge on any atom is -0.379 e. The van der Waals surface area contributed by atoms with E-state index in [9.17, 15) is 26.3 Å². The topological polar surface area (TPSA) is 90.0 Å². The molecule has 2 aliphatic heterocycles. The van der Waals surface area contributed by atoms with Gasteiger partial charge in [-0.05, 0) is 143 Å². The van der Waals surface area contributed by atoms with Crippen LogP contribution in [0.3, 0.4) is 0 Å². The molecule has 0 bridgehead atoms. The summed E-state index contributed by atoms with van der Waals surface area (Å²) in [5, 5.41) is 4.95. The second kappa shape index (κ2) is 25.6. The number of hydrogen-bond acceptors (Lipinski definition) is 8. The van der Waals surface area contributed by atoms with Gasteiger partial charge in [0.1, 0.15) is 10.8 Å². The van der Waals surface area contributed by atoms with Crippen molar-refractivity contribution in [2.24, 2.45) is 5.84 Å². The minimum absolute atomic E-state index is 0.0614. The Morgan fingerprint density at radius 1 is 0.662 bits per heavy atom. The Balaban J connectivity index is 0.000000232. The molecule has 3 atom stereocenters. The van der Waals surface area contributed by atoms with E-state index < -0.39 is 23.2 Å². The second-order valence-electron chi connectivity index (χ2n) is 15.8. The number of benzene rings is 4. The van der Waals surface area contributed by atoms with Crippen LogP contribution in [0.15, 0.2) is 117 Å². The highest BCUT2D eigenvalue weighted by atomic mass is 35.5. The van der Waals surface area contributed by atoms with E-state index in [0.29, 0.717) is 24.6 Å². The van der Waals surface area contributed by atoms with Crippen molar-refractivity contribution < 1.29 is 40.6 Å². The maximum Gasteiger partial charge on any atom is 0.400 e. The molecule has 2 aliphatic rings. The fourth-order valence-electron chi connectivity index (χ4n) is 8.17. The third-order valence-electron chi connectivity index (χ3n) is 11.5. The van der Waals surface area contributed by atoms with Gasteiger partial charge in [0.25, 0.3) is 0 Å². The molecule has 2 saturated heterocycles. The molecule has 19 heteroatoms. The molecule has 3 unspecified atom stereocenters. The standard InChI is InChI=1S/C20H16Cl2F3N3.C17H16Cl2F3N3.C10H22O3.C2H4/c21-15-10-14(11-16(22)12-15)19(20(23,24)25)6-9-27(13-19)17-2-4-18(5-3-17)28-8-1-7-26-28;18-12-7-11(8-13(19)9-12)16(17(20,21)22)5-6-25(10-16)15-3-1-14(24-23)2-4-15;1-5-11-9(4)8-10(12-6-2)13-7-3;1-2/h1-5,7-8,10-12H,6,9,13H2;1-4,7-9,24H,5-6,10,23H2;9-10H,5-8H2,1-4H3;1-2H2. The van der Waals surface area contributed by atoms with Gasteiger partial charge in [0.2, 0.25) is 0 Å². The highest BCUT2D eigenvalue weighted by Gasteiger charge is 2.60. The molecule has 68 heavy (non-hydrogen) atoms. The van der Waals surface area contributed by atoms with Crippen LogP contribution in [0.5, 0.6) is 0 Å². The van der Waals surface area contributed by atoms with Crippen LogP contribution < -0.4 is 21.1 Å². The normalized spacial score (nSPS) is 18.5. The van der Waals surface area contributed by atoms with E-state index in [4.69, 9.17) is 66.5 Å². The van der Waals surface area contributed by atoms with Gasteiger partial charge in [-0.25, -0.2) is 4.68 Å². The SMILES string of the molecule is C=C.CCOC(C)CC(OCC)OCC.FC(F)(F)C1(c2cc(Cl)cc(Cl)c2)CCN(c2ccc(-n3cccn3)cc2)C1.NNc1ccc(N2CCC(c3cc(Cl)cc(Cl)c3)(C(F)(F)F)C2)cc1. The Hall–Kier alpha value is -4.19. The summed E-state index contributed by atoms with van der Waals surface area (Å²) in [6, 6.07) is 24.4. The zero-order valence-corrected chi connectivity index (χ0v) is 41.3. The largest absolute Gasteiger partial charge is 0.400 e. The molecule has 7 rings (SSSR count). The first kappa shape index (κ1) is 56.4. The molecule has 3 heterocycles. The number of hydrogen-bond donors (Lipinski definition) is 2. The van der Waals surface area contributed by atoms with Crippen LogP contribution in [0.4, 0.5) is 43.4 Å². The van der Waals surface area contributed by atoms with E-state index in [1.165, 1.54) is 36.4 Å². The summed E-state index contributed by atoms with van der Waals surface area (Å²) in [6.07, 6.45) is -4.61. The van der Waals surface area contributed by atoms with Gasteiger partial charge in [-0.3, -0.25) is 5.84 Å². The van der Waals surface area contributed by atoms with Crippen LogP contribution in [0, 0.1) is 0 Å². The Morgan fingerprint density at radius 2 is 1.06 bits per heavy atom. The molecule has 9 nitrogen and oxygen atoms in total. The highest BCUT2D eigenvalue weighted by Crippen LogP contribution is 2.51. The Morgan fingerprint density at radius 3 is 1.41 bits per heavy atom. The van der Waals surface area contributed by atoms with E-state index >= 15 is 0 Å². The number of ether oxygens (including phenoxy) is 3. The first-order chi connectivity index (χ1) is 32.3. The lowest BCUT2D eigenvalue weighted by Gasteiger charge is -2.33. The summed E-state index contributed by atoms with van der Waals surface area (Å²) in [4.78, 5) is 3.46. The molecular weight excluding hydrogens is 976 g/mol. The predicted molar refractivity (Wildman–Crippen MR) is 264 cm³/mol. The molecule has 5 aromatic rings. The molecule has 2 fully saturated rings. The molecule has 372 valence electrons. The van der Waals surface area contributed by atoms with Crippen LogP contribution in [0.2, 0.25) is 20.1 Å². The summed E-state index contributed by atoms with van der Waals surface area (Å²) in [7, 11) is 0. The van der Waals surface area contributed by atoms with Gasteiger partial charge in [-0.15, -0.1) is 13.2 Å². The number of alkyl halides is 6. The van der Waals surface area contributed by atoms with Crippen molar-refractivity contribution in [3.05, 3.63) is 148 Å². The summed E-state index contributed by atoms with van der Waals surface area (Å²) in [6.45, 7) is 16.3. The molecule has 1 aromatic heterocycles. The first-order valence-corrected chi connectivity index (χ1v) is 23.4. The van der Waals surface area contributed by atoms with Crippen LogP contribution in [-0.2, 0) is 25.0 Å². The summed E-state index contributed by atoms with van der Waals surface area (Å²) in [5.41, 5.74) is 1.65. The van der Waals surface area contributed by atoms with Crippen LogP contribution >= 0.6 is 46.4 Å². The Labute approximate surface area is 415 Å². The number of anilines is 3. The van der Waals surface area contributed by atoms with Crippen molar-refractivity contribution in [1.82, 2.24) is 9.78 Å². The van der Waals surface area contributed by atoms with Crippen LogP contribution in [0.1, 0.15) is 58.1 Å². The zero-order chi connectivity index (χ0) is 50.3. The van der Waals surface area contributed by atoms with Gasteiger partial charge in [-0.1, -0.05) is 46.4 Å². The Kier molecular flexibility index (Phi) is 21.2. The molecule has 3 N–H and O–H groups in total. The monoisotopic (exact) mass is 1030 g/mol. The zero-order valence-electron chi connectivity index (χ0n) is 38.3. The number of halogens is 10. The number of hydrazine groups is 1. The third kappa shape index (κ3) is 14.4. The summed E-state index contributed by atoms with van der Waals surface area (Å²) in [5.74, 6) is 5.32. The summed E-state index contributed by atoms with van der Waals surface area (Å²) < 4.78 is 103. The van der Waals surface area contributed by atoms with Crippen molar-refractivity contribution >= 4 is 63.5 Å². The van der Waals surface area contributed by atoms with Gasteiger partial charge in [0.15, 0.2) is 6.29 Å². The number of nitrogen functional groups attached to an aromatic ring is 1. The van der Waals surface area contributed by atoms with Crippen molar-refractivity contribution in [2.45, 2.75) is 82.5 Å². The molecule has 0 amide bonds. The molecule has 4 aromatic carbocycles. The van der Waals surface area contributed by atoms with Crippen molar-refractivity contribution in [3.8, 4) is 5.69 Å². The highest BCUT2D eigenvalue weighted by molar-refractivity contribution is 6.35. The van der Waals surface area contributed by atoms with Crippen LogP contribution in [-0.4, -0.2) is 80.5 Å². The van der Waals surface area contributed by atoms with Crippen LogP contribution in [0.25, 0.3) is 5.69 Å². The maximum atomic E-state index is 14.2. The van der Waals surface area contributed by atoms with E-state index in [1.807, 2.05) is 64.2 Å². The third-order valence-corrected chi connectivity index (χ3v) is 12.4. The molecular formula is C49H58Cl4F6N6O3. The van der Waals surface area contributed by atoms with Crippen molar-refractivity contribution in [3.63, 3.8) is 0 Å². The van der Waals surface area contributed by atoms with Crippen molar-refractivity contribution in [1.29, 1.82) is 0 Å². The number of aromatic nitrogens is 2. The number of rotatable bonds is 14. The lowest BCUT2D eigenvalue weighted by molar-refractivity contribution is -0.185. The first-order valence-electron chi connectivity index (χ1n) is 21.9. The molecule has 0 radical (unpaired) electrons. The quantitative estimate of drug-likeness (QED) is 0.0374.